The topological polar surface area (TPSA) is 49.0 Å². The Bertz CT molecular complexity index is 733. The monoisotopic (exact) mass is 392 g/mol. The van der Waals surface area contributed by atoms with E-state index in [9.17, 15) is 18.4 Å². The van der Waals surface area contributed by atoms with Crippen LogP contribution in [-0.4, -0.2) is 16.3 Å². The maximum Gasteiger partial charge on any atom is 0.419 e. The van der Waals surface area contributed by atoms with E-state index in [-0.39, 0.29) is 34.6 Å². The molecule has 0 bridgehead atoms. The van der Waals surface area contributed by atoms with E-state index in [0.29, 0.717) is 5.02 Å². The van der Waals surface area contributed by atoms with Crippen LogP contribution in [0.2, 0.25) is 5.02 Å². The lowest BCUT2D eigenvalue weighted by molar-refractivity contribution is -0.137. The summed E-state index contributed by atoms with van der Waals surface area (Å²) in [6.45, 7) is -0.514. The smallest absolute Gasteiger partial charge is 0.395 e. The average Bonchev–Trinajstić information content (AvgIpc) is 2.73. The molecule has 0 amide bonds. The molecule has 0 spiro atoms. The molecule has 0 aliphatic carbocycles. The highest BCUT2D eigenvalue weighted by Gasteiger charge is 2.40. The number of nitriles is 1. The van der Waals surface area contributed by atoms with Crippen molar-refractivity contribution in [2.45, 2.75) is 12.7 Å². The van der Waals surface area contributed by atoms with Crippen LogP contribution in [0.4, 0.5) is 13.2 Å². The summed E-state index contributed by atoms with van der Waals surface area (Å²) < 4.78 is 41.0. The van der Waals surface area contributed by atoms with Gasteiger partial charge < -0.3 is 9.67 Å². The van der Waals surface area contributed by atoms with Crippen molar-refractivity contribution < 1.29 is 18.3 Å². The average molecular weight is 394 g/mol. The van der Waals surface area contributed by atoms with Gasteiger partial charge in [0, 0.05) is 17.1 Å². The molecule has 1 aromatic heterocycles. The molecule has 1 N–H and O–H groups in total. The molecule has 2 aromatic rings. The number of aliphatic hydroxyl groups is 1. The van der Waals surface area contributed by atoms with Crippen LogP contribution in [0.15, 0.2) is 28.9 Å². The summed E-state index contributed by atoms with van der Waals surface area (Å²) in [5, 5.41) is 18.7. The van der Waals surface area contributed by atoms with E-state index in [1.54, 1.807) is 6.07 Å². The minimum absolute atomic E-state index is 0.125. The molecule has 22 heavy (non-hydrogen) atoms. The van der Waals surface area contributed by atoms with Crippen LogP contribution in [0.5, 0.6) is 0 Å². The Hall–Kier alpha value is -1.49. The Morgan fingerprint density at radius 1 is 1.27 bits per heavy atom. The molecule has 8 heteroatoms. The number of halogens is 5. The van der Waals surface area contributed by atoms with E-state index >= 15 is 0 Å². The molecule has 1 aromatic carbocycles. The number of nitrogens with zero attached hydrogens (tertiary/aromatic N) is 2. The maximum absolute atomic E-state index is 13.4. The second kappa shape index (κ2) is 6.32. The highest BCUT2D eigenvalue weighted by Crippen LogP contribution is 2.45. The van der Waals surface area contributed by atoms with E-state index in [1.807, 2.05) is 0 Å². The first-order chi connectivity index (χ1) is 10.3. The predicted octanol–water partition coefficient (Wildman–Crippen LogP) is 4.45. The van der Waals surface area contributed by atoms with Gasteiger partial charge in [-0.15, -0.1) is 0 Å². The second-order valence-corrected chi connectivity index (χ2v) is 5.57. The molecule has 0 atom stereocenters. The van der Waals surface area contributed by atoms with E-state index in [4.69, 9.17) is 16.7 Å². The summed E-state index contributed by atoms with van der Waals surface area (Å²) in [6, 6.07) is 7.53. The molecule has 0 saturated carbocycles. The fraction of sp³-hybridized carbons (Fsp3) is 0.214. The van der Waals surface area contributed by atoms with Gasteiger partial charge in [-0.05, 0) is 33.6 Å². The van der Waals surface area contributed by atoms with E-state index in [2.05, 4.69) is 15.9 Å². The van der Waals surface area contributed by atoms with Crippen LogP contribution in [0.1, 0.15) is 11.3 Å². The SMILES string of the molecule is N#Cc1c(-c2ccc(Cl)cc2)c(C(F)(F)F)c(Br)n1CCO. The van der Waals surface area contributed by atoms with Crippen molar-refractivity contribution in [1.82, 2.24) is 4.57 Å². The van der Waals surface area contributed by atoms with E-state index < -0.39 is 11.7 Å². The van der Waals surface area contributed by atoms with E-state index in [1.165, 1.54) is 24.3 Å². The van der Waals surface area contributed by atoms with Crippen LogP contribution >= 0.6 is 27.5 Å². The van der Waals surface area contributed by atoms with Crippen LogP contribution in [0, 0.1) is 11.3 Å². The molecule has 116 valence electrons. The number of aromatic nitrogens is 1. The summed E-state index contributed by atoms with van der Waals surface area (Å²) in [6.07, 6.45) is -4.65. The Morgan fingerprint density at radius 2 is 1.86 bits per heavy atom. The minimum atomic E-state index is -4.65. The van der Waals surface area contributed by atoms with Crippen LogP contribution in [0.3, 0.4) is 0 Å². The third-order valence-electron chi connectivity index (χ3n) is 3.05. The highest BCUT2D eigenvalue weighted by molar-refractivity contribution is 9.10. The fourth-order valence-corrected chi connectivity index (χ4v) is 3.08. The number of rotatable bonds is 3. The first-order valence-corrected chi connectivity index (χ1v) is 7.24. The van der Waals surface area contributed by atoms with Crippen molar-refractivity contribution in [3.05, 3.63) is 45.1 Å². The molecule has 0 aliphatic rings. The molecule has 0 saturated heterocycles. The van der Waals surface area contributed by atoms with Gasteiger partial charge in [-0.3, -0.25) is 0 Å². The van der Waals surface area contributed by atoms with Gasteiger partial charge in [0.25, 0.3) is 0 Å². The molecule has 0 fully saturated rings. The summed E-state index contributed by atoms with van der Waals surface area (Å²) >= 11 is 8.65. The Morgan fingerprint density at radius 3 is 2.32 bits per heavy atom. The van der Waals surface area contributed by atoms with Gasteiger partial charge in [-0.2, -0.15) is 18.4 Å². The first-order valence-electron chi connectivity index (χ1n) is 6.07. The number of hydrogen-bond acceptors (Lipinski definition) is 2. The summed E-state index contributed by atoms with van der Waals surface area (Å²) in [5.74, 6) is 0. The molecule has 2 rings (SSSR count). The summed E-state index contributed by atoms with van der Waals surface area (Å²) in [4.78, 5) is 0. The number of alkyl halides is 3. The molecular weight excluding hydrogens is 385 g/mol. The normalized spacial score (nSPS) is 11.5. The van der Waals surface area contributed by atoms with Gasteiger partial charge in [0.2, 0.25) is 0 Å². The van der Waals surface area contributed by atoms with Gasteiger partial charge >= 0.3 is 6.18 Å². The number of aliphatic hydroxyl groups excluding tert-OH is 1. The zero-order valence-electron chi connectivity index (χ0n) is 11.0. The lowest BCUT2D eigenvalue weighted by Crippen LogP contribution is -2.08. The van der Waals surface area contributed by atoms with Crippen molar-refractivity contribution in [3.8, 4) is 17.2 Å². The first kappa shape index (κ1) is 16.9. The zero-order valence-corrected chi connectivity index (χ0v) is 13.3. The molecule has 0 radical (unpaired) electrons. The lowest BCUT2D eigenvalue weighted by Gasteiger charge is -2.09. The van der Waals surface area contributed by atoms with Gasteiger partial charge in [0.1, 0.15) is 11.8 Å². The largest absolute Gasteiger partial charge is 0.419 e. The maximum atomic E-state index is 13.4. The Kier molecular flexibility index (Phi) is 4.85. The van der Waals surface area contributed by atoms with E-state index in [0.717, 1.165) is 4.57 Å². The van der Waals surface area contributed by atoms with Gasteiger partial charge in [-0.1, -0.05) is 23.7 Å². The van der Waals surface area contributed by atoms with Crippen LogP contribution in [0.25, 0.3) is 11.1 Å². The molecule has 1 heterocycles. The Labute approximate surface area is 137 Å². The number of benzene rings is 1. The van der Waals surface area contributed by atoms with Gasteiger partial charge in [0.05, 0.1) is 16.8 Å². The fourth-order valence-electron chi connectivity index (χ4n) is 2.17. The molecule has 0 unspecified atom stereocenters. The molecule has 3 nitrogen and oxygen atoms in total. The van der Waals surface area contributed by atoms with Crippen molar-refractivity contribution in [3.63, 3.8) is 0 Å². The summed E-state index contributed by atoms with van der Waals surface area (Å²) in [5.41, 5.74) is -1.12. The molecular formula is C14H9BrClF3N2O. The quantitative estimate of drug-likeness (QED) is 0.837. The predicted molar refractivity (Wildman–Crippen MR) is 79.4 cm³/mol. The van der Waals surface area contributed by atoms with Gasteiger partial charge in [-0.25, -0.2) is 0 Å². The van der Waals surface area contributed by atoms with Crippen molar-refractivity contribution in [2.75, 3.05) is 6.61 Å². The van der Waals surface area contributed by atoms with Crippen LogP contribution < -0.4 is 0 Å². The molecule has 0 aliphatic heterocycles. The third kappa shape index (κ3) is 3.00. The number of hydrogen-bond donors (Lipinski definition) is 1. The Balaban J connectivity index is 2.83. The van der Waals surface area contributed by atoms with Crippen LogP contribution in [-0.2, 0) is 12.7 Å². The standard InChI is InChI=1S/C14H9BrClF3N2O/c15-13-12(14(17,18)19)11(8-1-3-9(16)4-2-8)10(7-20)21(13)5-6-22/h1-4,22H,5-6H2. The van der Waals surface area contributed by atoms with Crippen molar-refractivity contribution in [2.24, 2.45) is 0 Å². The zero-order chi connectivity index (χ0) is 16.5. The van der Waals surface area contributed by atoms with Crippen molar-refractivity contribution in [1.29, 1.82) is 5.26 Å². The van der Waals surface area contributed by atoms with Crippen molar-refractivity contribution >= 4 is 27.5 Å². The highest BCUT2D eigenvalue weighted by atomic mass is 79.9. The summed E-state index contributed by atoms with van der Waals surface area (Å²) in [7, 11) is 0. The second-order valence-electron chi connectivity index (χ2n) is 4.38. The van der Waals surface area contributed by atoms with Gasteiger partial charge in [0.15, 0.2) is 0 Å². The lowest BCUT2D eigenvalue weighted by atomic mass is 10.0. The third-order valence-corrected chi connectivity index (χ3v) is 4.12. The minimum Gasteiger partial charge on any atom is -0.395 e.